The molecule has 0 bridgehead atoms. The van der Waals surface area contributed by atoms with Crippen molar-refractivity contribution in [3.63, 3.8) is 0 Å². The number of likely N-dealkylation sites (tertiary alicyclic amines) is 1. The minimum atomic E-state index is -1.16. The van der Waals surface area contributed by atoms with Crippen LogP contribution in [0.4, 0.5) is 0 Å². The van der Waals surface area contributed by atoms with E-state index >= 15 is 0 Å². The molecule has 0 aromatic heterocycles. The molecule has 0 amide bonds. The van der Waals surface area contributed by atoms with Crippen LogP contribution >= 0.6 is 0 Å². The van der Waals surface area contributed by atoms with E-state index in [1.165, 1.54) is 70.6 Å². The topological polar surface area (TPSA) is 242 Å². The van der Waals surface area contributed by atoms with Crippen LogP contribution in [0.15, 0.2) is 0 Å². The van der Waals surface area contributed by atoms with Crippen LogP contribution < -0.4 is 10.7 Å². The summed E-state index contributed by atoms with van der Waals surface area (Å²) in [5, 5.41) is 98.1. The summed E-state index contributed by atoms with van der Waals surface area (Å²) in [6.07, 6.45) is 11.1. The number of nitrogens with zero attached hydrogens (tertiary/aromatic N) is 2. The number of nitrogens with two attached hydrogens (primary N) is 2. The van der Waals surface area contributed by atoms with Crippen LogP contribution in [-0.4, -0.2) is 175 Å². The van der Waals surface area contributed by atoms with Gasteiger partial charge in [-0.3, -0.25) is 10.3 Å². The molecule has 0 aliphatic carbocycles. The maximum Gasteiger partial charge on any atom is 0.132 e. The molecule has 14 nitrogen and oxygen atoms in total. The van der Waals surface area contributed by atoms with Gasteiger partial charge in [-0.15, -0.1) is 0 Å². The van der Waals surface area contributed by atoms with Gasteiger partial charge in [0.05, 0.1) is 50.5 Å². The molecule has 3 aliphatic rings. The van der Waals surface area contributed by atoms with E-state index in [2.05, 4.69) is 13.8 Å². The summed E-state index contributed by atoms with van der Waals surface area (Å²) in [5.41, 5.74) is 1.93. The molecule has 49 heavy (non-hydrogen) atoms. The van der Waals surface area contributed by atoms with Crippen LogP contribution in [-0.2, 0) is 0 Å². The Bertz CT molecular complexity index is 778. The molecule has 3 heterocycles. The lowest BCUT2D eigenvalue weighted by atomic mass is 9.94. The SMILES string of the molecule is CCCCCCCCCN1CC(O)[C@@H](O)[C@H](O)C1CO.CCCCCCCCCN1[NH2+]C[C@@H](O)[C@H](O)C1CO.OCC1C[NH2+]C[C@@H](O)[C@@H]1O. The van der Waals surface area contributed by atoms with Gasteiger partial charge >= 0.3 is 0 Å². The van der Waals surface area contributed by atoms with Gasteiger partial charge in [0.15, 0.2) is 0 Å². The molecule has 10 atom stereocenters. The van der Waals surface area contributed by atoms with E-state index in [0.29, 0.717) is 26.2 Å². The predicted molar refractivity (Wildman–Crippen MR) is 187 cm³/mol. The maximum absolute atomic E-state index is 9.87. The highest BCUT2D eigenvalue weighted by Gasteiger charge is 2.41. The van der Waals surface area contributed by atoms with E-state index in [9.17, 15) is 40.9 Å². The Kier molecular flexibility index (Phi) is 26.6. The molecule has 0 spiro atoms. The predicted octanol–water partition coefficient (Wildman–Crippen LogP) is -3.00. The van der Waals surface area contributed by atoms with E-state index in [1.807, 2.05) is 20.7 Å². The van der Waals surface area contributed by atoms with Gasteiger partial charge in [-0.25, -0.2) is 0 Å². The third-order valence-corrected chi connectivity index (χ3v) is 10.3. The number of rotatable bonds is 19. The largest absolute Gasteiger partial charge is 0.396 e. The molecule has 0 aromatic rings. The van der Waals surface area contributed by atoms with E-state index in [4.69, 9.17) is 10.2 Å². The van der Waals surface area contributed by atoms with Gasteiger partial charge in [0.1, 0.15) is 49.7 Å². The van der Waals surface area contributed by atoms with Gasteiger partial charge < -0.3 is 56.4 Å². The van der Waals surface area contributed by atoms with Crippen LogP contribution in [0.3, 0.4) is 0 Å². The fourth-order valence-electron chi connectivity index (χ4n) is 6.86. The minimum Gasteiger partial charge on any atom is -0.396 e. The number of aliphatic hydroxyl groups excluding tert-OH is 10. The van der Waals surface area contributed by atoms with Crippen molar-refractivity contribution in [3.8, 4) is 0 Å². The second-order valence-electron chi connectivity index (χ2n) is 14.3. The number of unbranched alkanes of at least 4 members (excludes halogenated alkanes) is 12. The molecular formula is C35H76N4O10+2. The quantitative estimate of drug-likeness (QED) is 0.0474. The summed E-state index contributed by atoms with van der Waals surface area (Å²) >= 11 is 0. The van der Waals surface area contributed by atoms with Crippen molar-refractivity contribution >= 4 is 0 Å². The smallest absolute Gasteiger partial charge is 0.132 e. The molecule has 14 N–H and O–H groups in total. The summed E-state index contributed by atoms with van der Waals surface area (Å²) in [6.45, 7) is 7.74. The Morgan fingerprint density at radius 1 is 0.490 bits per heavy atom. The Balaban J connectivity index is 0.000000387. The summed E-state index contributed by atoms with van der Waals surface area (Å²) in [4.78, 5) is 1.90. The van der Waals surface area contributed by atoms with Crippen LogP contribution in [0.5, 0.6) is 0 Å². The van der Waals surface area contributed by atoms with Gasteiger partial charge in [-0.1, -0.05) is 90.9 Å². The van der Waals surface area contributed by atoms with Gasteiger partial charge in [0, 0.05) is 13.1 Å². The average molecular weight is 713 g/mol. The van der Waals surface area contributed by atoms with Crippen molar-refractivity contribution in [2.75, 3.05) is 59.1 Å². The normalized spacial score (nSPS) is 32.6. The zero-order valence-electron chi connectivity index (χ0n) is 30.6. The zero-order valence-corrected chi connectivity index (χ0v) is 30.6. The monoisotopic (exact) mass is 713 g/mol. The van der Waals surface area contributed by atoms with Gasteiger partial charge in [-0.2, -0.15) is 5.01 Å². The number of quaternary nitrogens is 2. The second-order valence-corrected chi connectivity index (χ2v) is 14.3. The molecular weight excluding hydrogens is 636 g/mol. The lowest BCUT2D eigenvalue weighted by Crippen LogP contribution is -3.01. The third-order valence-electron chi connectivity index (χ3n) is 10.3. The Hall–Kier alpha value is -0.560. The van der Waals surface area contributed by atoms with Gasteiger partial charge in [0.2, 0.25) is 0 Å². The first-order chi connectivity index (χ1) is 23.6. The highest BCUT2D eigenvalue weighted by molar-refractivity contribution is 4.94. The highest BCUT2D eigenvalue weighted by atomic mass is 16.4. The number of β-amino-alcohol motifs (C(OH)–C–C–N with tert-alkyl or cyclic N) is 1. The fourth-order valence-corrected chi connectivity index (χ4v) is 6.86. The number of hydrogen-bond donors (Lipinski definition) is 12. The summed E-state index contributed by atoms with van der Waals surface area (Å²) in [7, 11) is 0. The Morgan fingerprint density at radius 2 is 1.00 bits per heavy atom. The molecule has 0 saturated carbocycles. The molecule has 0 aromatic carbocycles. The fraction of sp³-hybridized carbons (Fsp3) is 1.00. The number of piperidine rings is 2. The number of aliphatic hydroxyl groups is 10. The van der Waals surface area contributed by atoms with Crippen molar-refractivity contribution in [1.82, 2.24) is 9.91 Å². The summed E-state index contributed by atoms with van der Waals surface area (Å²) in [5.74, 6) is -0.163. The van der Waals surface area contributed by atoms with E-state index in [1.54, 1.807) is 0 Å². The van der Waals surface area contributed by atoms with Crippen molar-refractivity contribution < 1.29 is 61.8 Å². The minimum absolute atomic E-state index is 0.0469. The van der Waals surface area contributed by atoms with E-state index < -0.39 is 48.8 Å². The van der Waals surface area contributed by atoms with Crippen molar-refractivity contribution in [2.24, 2.45) is 5.92 Å². The zero-order chi connectivity index (χ0) is 36.6. The second kappa shape index (κ2) is 28.0. The van der Waals surface area contributed by atoms with Gasteiger partial charge in [-0.05, 0) is 19.4 Å². The standard InChI is InChI=1S/C15H31NO4.C14H30N2O3.C6H13NO3/c1-2-3-4-5-6-7-8-9-16-10-13(18)15(20)14(19)12(16)11-17;1-2-3-4-5-6-7-8-9-16-12(11-17)14(19)13(18)10-15-16;8-3-4-1-7-2-5(9)6(4)10/h12-15,17-20H,2-11H2,1H3;12-15,17-19H,2-11H2,1H3;4-10H,1-3H2/p+2/t12?,13?,14-,15-;12?,13-,14-;4?,5-,6-/m111/s1. The molecule has 3 saturated heterocycles. The average Bonchev–Trinajstić information content (AvgIpc) is 3.10. The van der Waals surface area contributed by atoms with Crippen LogP contribution in [0.1, 0.15) is 104 Å². The highest BCUT2D eigenvalue weighted by Crippen LogP contribution is 2.20. The van der Waals surface area contributed by atoms with Gasteiger partial charge in [0.25, 0.3) is 0 Å². The Labute approximate surface area is 295 Å². The maximum atomic E-state index is 9.87. The van der Waals surface area contributed by atoms with Crippen LogP contribution in [0.25, 0.3) is 0 Å². The molecule has 3 fully saturated rings. The first-order valence-corrected chi connectivity index (χ1v) is 19.3. The molecule has 4 unspecified atom stereocenters. The van der Waals surface area contributed by atoms with Crippen molar-refractivity contribution in [2.45, 2.75) is 159 Å². The molecule has 14 heteroatoms. The van der Waals surface area contributed by atoms with E-state index in [0.717, 1.165) is 32.4 Å². The first kappa shape index (κ1) is 46.5. The molecule has 3 aliphatic heterocycles. The summed E-state index contributed by atoms with van der Waals surface area (Å²) < 4.78 is 0. The lowest BCUT2D eigenvalue weighted by molar-refractivity contribution is -0.826. The molecule has 294 valence electrons. The Morgan fingerprint density at radius 3 is 1.51 bits per heavy atom. The van der Waals surface area contributed by atoms with Crippen LogP contribution in [0, 0.1) is 5.92 Å². The van der Waals surface area contributed by atoms with Crippen molar-refractivity contribution in [1.29, 1.82) is 0 Å². The van der Waals surface area contributed by atoms with Crippen molar-refractivity contribution in [3.05, 3.63) is 0 Å². The lowest BCUT2D eigenvalue weighted by Gasteiger charge is -2.43. The summed E-state index contributed by atoms with van der Waals surface area (Å²) in [6, 6.07) is -0.808. The first-order valence-electron chi connectivity index (χ1n) is 19.3. The number of hydrogen-bond acceptors (Lipinski definition) is 12. The molecule has 0 radical (unpaired) electrons. The molecule has 3 rings (SSSR count). The third kappa shape index (κ3) is 17.7. The van der Waals surface area contributed by atoms with E-state index in [-0.39, 0.29) is 31.8 Å². The van der Waals surface area contributed by atoms with Crippen LogP contribution in [0.2, 0.25) is 0 Å².